The molecule has 0 aromatic rings. The summed E-state index contributed by atoms with van der Waals surface area (Å²) in [6, 6.07) is 0. The zero-order valence-corrected chi connectivity index (χ0v) is 15.2. The van der Waals surface area contributed by atoms with Gasteiger partial charge < -0.3 is 14.9 Å². The molecule has 138 valence electrons. The van der Waals surface area contributed by atoms with Crippen molar-refractivity contribution in [2.75, 3.05) is 0 Å². The molecule has 0 aromatic heterocycles. The number of carboxylic acids is 1. The molecule has 7 unspecified atom stereocenters. The van der Waals surface area contributed by atoms with Crippen LogP contribution in [0, 0.1) is 34.5 Å². The first-order chi connectivity index (χ1) is 11.6. The summed E-state index contributed by atoms with van der Waals surface area (Å²) in [7, 11) is 0. The van der Waals surface area contributed by atoms with Crippen LogP contribution in [0.1, 0.15) is 59.3 Å². The van der Waals surface area contributed by atoms with Gasteiger partial charge in [-0.25, -0.2) is 4.79 Å². The second kappa shape index (κ2) is 5.09. The largest absolute Gasteiger partial charge is 0.481 e. The third kappa shape index (κ3) is 2.11. The molecule has 0 aromatic carbocycles. The lowest BCUT2D eigenvalue weighted by atomic mass is 9.42. The van der Waals surface area contributed by atoms with Gasteiger partial charge in [0.2, 0.25) is 5.79 Å². The van der Waals surface area contributed by atoms with Crippen molar-refractivity contribution < 1.29 is 24.5 Å². The van der Waals surface area contributed by atoms with Gasteiger partial charge in [0.25, 0.3) is 0 Å². The average Bonchev–Trinajstić information content (AvgIpc) is 2.83. The molecule has 5 nitrogen and oxygen atoms in total. The first kappa shape index (κ1) is 17.1. The highest BCUT2D eigenvalue weighted by molar-refractivity contribution is 5.86. The van der Waals surface area contributed by atoms with E-state index >= 15 is 0 Å². The third-order valence-electron chi connectivity index (χ3n) is 8.24. The van der Waals surface area contributed by atoms with E-state index in [1.807, 2.05) is 6.92 Å². The second-order valence-corrected chi connectivity index (χ2v) is 9.28. The fourth-order valence-electron chi connectivity index (χ4n) is 6.96. The van der Waals surface area contributed by atoms with Crippen LogP contribution in [0.25, 0.3) is 0 Å². The lowest BCUT2D eigenvalue weighted by Gasteiger charge is -2.62. The van der Waals surface area contributed by atoms with Gasteiger partial charge in [0, 0.05) is 18.1 Å². The van der Waals surface area contributed by atoms with E-state index < -0.39 is 23.1 Å². The van der Waals surface area contributed by atoms with Crippen LogP contribution in [0.2, 0.25) is 0 Å². The molecule has 3 saturated carbocycles. The molecule has 2 N–H and O–H groups in total. The fourth-order valence-corrected chi connectivity index (χ4v) is 6.96. The van der Waals surface area contributed by atoms with Crippen LogP contribution in [0.5, 0.6) is 0 Å². The molecular formula is C20H28O5. The minimum Gasteiger partial charge on any atom is -0.481 e. The number of rotatable bonds is 1. The summed E-state index contributed by atoms with van der Waals surface area (Å²) < 4.78 is 5.30. The van der Waals surface area contributed by atoms with E-state index in [9.17, 15) is 19.8 Å². The zero-order valence-electron chi connectivity index (χ0n) is 15.2. The van der Waals surface area contributed by atoms with Gasteiger partial charge in [-0.1, -0.05) is 20.3 Å². The topological polar surface area (TPSA) is 83.8 Å². The predicted molar refractivity (Wildman–Crippen MR) is 90.3 cm³/mol. The summed E-state index contributed by atoms with van der Waals surface area (Å²) in [5, 5.41) is 20.9. The molecular weight excluding hydrogens is 320 g/mol. The lowest BCUT2D eigenvalue weighted by molar-refractivity contribution is -0.222. The average molecular weight is 348 g/mol. The van der Waals surface area contributed by atoms with Crippen molar-refractivity contribution in [1.82, 2.24) is 0 Å². The molecule has 0 saturated heterocycles. The maximum absolute atomic E-state index is 12.1. The predicted octanol–water partition coefficient (Wildman–Crippen LogP) is 3.12. The SMILES string of the molecule is CC1C2=CC(=O)OC2(O)CC2C1CCC1C(C)(C(=O)O)CCCC21C. The molecule has 0 bridgehead atoms. The Kier molecular flexibility index (Phi) is 3.48. The fraction of sp³-hybridized carbons (Fsp3) is 0.800. The van der Waals surface area contributed by atoms with Crippen molar-refractivity contribution in [2.24, 2.45) is 34.5 Å². The van der Waals surface area contributed by atoms with Crippen molar-refractivity contribution in [3.63, 3.8) is 0 Å². The maximum Gasteiger partial charge on any atom is 0.333 e. The molecule has 1 heterocycles. The summed E-state index contributed by atoms with van der Waals surface area (Å²) >= 11 is 0. The van der Waals surface area contributed by atoms with Gasteiger partial charge in [0.15, 0.2) is 0 Å². The number of hydrogen-bond acceptors (Lipinski definition) is 4. The van der Waals surface area contributed by atoms with E-state index in [2.05, 4.69) is 13.8 Å². The van der Waals surface area contributed by atoms with Crippen molar-refractivity contribution in [1.29, 1.82) is 0 Å². The number of ether oxygens (including phenoxy) is 1. The summed E-state index contributed by atoms with van der Waals surface area (Å²) in [5.41, 5.74) is -0.122. The Balaban J connectivity index is 1.75. The minimum atomic E-state index is -1.49. The first-order valence-electron chi connectivity index (χ1n) is 9.53. The molecule has 1 aliphatic heterocycles. The van der Waals surface area contributed by atoms with Crippen LogP contribution < -0.4 is 0 Å². The second-order valence-electron chi connectivity index (χ2n) is 9.28. The maximum atomic E-state index is 12.1. The molecule has 4 rings (SSSR count). The minimum absolute atomic E-state index is 0.0889. The Morgan fingerprint density at radius 3 is 2.68 bits per heavy atom. The molecule has 7 atom stereocenters. The van der Waals surface area contributed by atoms with Gasteiger partial charge in [0.05, 0.1) is 5.41 Å². The van der Waals surface area contributed by atoms with E-state index in [0.29, 0.717) is 12.3 Å². The molecule has 25 heavy (non-hydrogen) atoms. The van der Waals surface area contributed by atoms with Crippen LogP contribution in [-0.2, 0) is 14.3 Å². The van der Waals surface area contributed by atoms with Gasteiger partial charge in [0.1, 0.15) is 0 Å². The number of aliphatic hydroxyl groups is 1. The summed E-state index contributed by atoms with van der Waals surface area (Å²) in [5.74, 6) is -1.90. The number of aliphatic carboxylic acids is 1. The number of carboxylic acid groups (broad SMARTS) is 1. The van der Waals surface area contributed by atoms with Gasteiger partial charge in [-0.2, -0.15) is 0 Å². The standard InChI is InChI=1S/C20H28O5/c1-11-12-5-6-15-18(2,7-4-8-19(15,3)17(22)23)14(12)10-20(24)13(11)9-16(21)25-20/h9,11-12,14-15,24H,4-8,10H2,1-3H3,(H,22,23). The molecule has 0 radical (unpaired) electrons. The van der Waals surface area contributed by atoms with E-state index in [0.717, 1.165) is 37.7 Å². The van der Waals surface area contributed by atoms with Gasteiger partial charge >= 0.3 is 11.9 Å². The lowest BCUT2D eigenvalue weighted by Crippen LogP contribution is -2.59. The highest BCUT2D eigenvalue weighted by Crippen LogP contribution is 2.66. The highest BCUT2D eigenvalue weighted by atomic mass is 16.7. The molecule has 0 spiro atoms. The third-order valence-corrected chi connectivity index (χ3v) is 8.24. The molecule has 4 aliphatic rings. The van der Waals surface area contributed by atoms with E-state index in [1.165, 1.54) is 6.08 Å². The quantitative estimate of drug-likeness (QED) is 0.711. The summed E-state index contributed by atoms with van der Waals surface area (Å²) in [6.45, 7) is 6.20. The Morgan fingerprint density at radius 2 is 2.00 bits per heavy atom. The van der Waals surface area contributed by atoms with Gasteiger partial charge in [-0.15, -0.1) is 0 Å². The Bertz CT molecular complexity index is 669. The van der Waals surface area contributed by atoms with Gasteiger partial charge in [-0.3, -0.25) is 4.79 Å². The highest BCUT2D eigenvalue weighted by Gasteiger charge is 2.64. The number of carbonyl (C=O) groups is 2. The number of hydrogen-bond donors (Lipinski definition) is 2. The van der Waals surface area contributed by atoms with Crippen LogP contribution in [0.15, 0.2) is 11.6 Å². The Labute approximate surface area is 148 Å². The van der Waals surface area contributed by atoms with Crippen LogP contribution >= 0.6 is 0 Å². The van der Waals surface area contributed by atoms with Crippen molar-refractivity contribution >= 4 is 11.9 Å². The van der Waals surface area contributed by atoms with E-state index in [4.69, 9.17) is 4.74 Å². The summed E-state index contributed by atoms with van der Waals surface area (Å²) in [4.78, 5) is 23.8. The first-order valence-corrected chi connectivity index (χ1v) is 9.53. The smallest absolute Gasteiger partial charge is 0.333 e. The van der Waals surface area contributed by atoms with Crippen molar-refractivity contribution in [2.45, 2.75) is 65.1 Å². The molecule has 5 heteroatoms. The Hall–Kier alpha value is -1.36. The van der Waals surface area contributed by atoms with Gasteiger partial charge in [-0.05, 0) is 61.7 Å². The van der Waals surface area contributed by atoms with E-state index in [-0.39, 0.29) is 23.2 Å². The Morgan fingerprint density at radius 1 is 1.28 bits per heavy atom. The van der Waals surface area contributed by atoms with Crippen LogP contribution in [0.4, 0.5) is 0 Å². The molecule has 3 fully saturated rings. The van der Waals surface area contributed by atoms with Crippen molar-refractivity contribution in [3.8, 4) is 0 Å². The normalized spacial score (nSPS) is 51.7. The number of fused-ring (bicyclic) bond motifs is 4. The van der Waals surface area contributed by atoms with Crippen LogP contribution in [0.3, 0.4) is 0 Å². The van der Waals surface area contributed by atoms with E-state index in [1.54, 1.807) is 0 Å². The zero-order chi connectivity index (χ0) is 18.2. The van der Waals surface area contributed by atoms with Crippen LogP contribution in [-0.4, -0.2) is 27.9 Å². The number of carbonyl (C=O) groups excluding carboxylic acids is 1. The van der Waals surface area contributed by atoms with Crippen molar-refractivity contribution in [3.05, 3.63) is 11.6 Å². The molecule has 0 amide bonds. The summed E-state index contributed by atoms with van der Waals surface area (Å²) in [6.07, 6.45) is 6.34. The molecule has 3 aliphatic carbocycles. The number of esters is 1. The monoisotopic (exact) mass is 348 g/mol.